The number of carboxylic acid groups (broad SMARTS) is 1. The van der Waals surface area contributed by atoms with Gasteiger partial charge < -0.3 is 9.84 Å². The van der Waals surface area contributed by atoms with Crippen LogP contribution in [-0.2, 0) is 23.9 Å². The van der Waals surface area contributed by atoms with Gasteiger partial charge in [0, 0.05) is 0 Å². The molecule has 0 spiro atoms. The topological polar surface area (TPSA) is 97.7 Å². The molecule has 0 unspecified atom stereocenters. The predicted molar refractivity (Wildman–Crippen MR) is 57.6 cm³/mol. The molecule has 0 rings (SSSR count). The van der Waals surface area contributed by atoms with E-state index >= 15 is 0 Å². The Morgan fingerprint density at radius 2 is 1.29 bits per heavy atom. The third kappa shape index (κ3) is 3.20. The van der Waals surface area contributed by atoms with Crippen LogP contribution in [0.25, 0.3) is 0 Å². The zero-order valence-electron chi connectivity index (χ0n) is 10.5. The van der Waals surface area contributed by atoms with Crippen LogP contribution in [0.4, 0.5) is 0 Å². The molecule has 17 heavy (non-hydrogen) atoms. The summed E-state index contributed by atoms with van der Waals surface area (Å²) in [4.78, 5) is 45.3. The Kier molecular flexibility index (Phi) is 4.31. The summed E-state index contributed by atoms with van der Waals surface area (Å²) in [7, 11) is 0. The van der Waals surface area contributed by atoms with Gasteiger partial charge in [-0.3, -0.25) is 14.4 Å². The molecule has 0 radical (unpaired) electrons. The summed E-state index contributed by atoms with van der Waals surface area (Å²) in [5.74, 6) is -5.31. The highest BCUT2D eigenvalue weighted by atomic mass is 16.5. The first kappa shape index (κ1) is 15.4. The molecular formula is C11H16O6. The van der Waals surface area contributed by atoms with E-state index in [0.29, 0.717) is 0 Å². The smallest absolute Gasteiger partial charge is 0.376 e. The van der Waals surface area contributed by atoms with Crippen molar-refractivity contribution < 1.29 is 29.0 Å². The van der Waals surface area contributed by atoms with Crippen molar-refractivity contribution in [2.45, 2.75) is 45.8 Å². The fraction of sp³-hybridized carbons (Fsp3) is 0.636. The Balaban J connectivity index is 5.79. The number of ketones is 3. The quantitative estimate of drug-likeness (QED) is 0.554. The number of aliphatic carboxylic acids is 1. The number of carbonyl (C=O) groups is 4. The van der Waals surface area contributed by atoms with Crippen molar-refractivity contribution >= 4 is 23.3 Å². The molecule has 0 aliphatic heterocycles. The Bertz CT molecular complexity index is 360. The Morgan fingerprint density at radius 3 is 1.47 bits per heavy atom. The van der Waals surface area contributed by atoms with E-state index in [0.717, 1.165) is 13.8 Å². The predicted octanol–water partition coefficient (Wildman–Crippen LogP) is 0.372. The number of hydrogen-bond donors (Lipinski definition) is 1. The van der Waals surface area contributed by atoms with Gasteiger partial charge in [0.1, 0.15) is 0 Å². The summed E-state index contributed by atoms with van der Waals surface area (Å²) in [6.07, 6.45) is 0. The number of carbonyl (C=O) groups excluding carboxylic acids is 3. The van der Waals surface area contributed by atoms with Crippen molar-refractivity contribution in [1.82, 2.24) is 0 Å². The SMILES string of the molecule is CC(=O)C(OC(C)(C)C)(C(C)=O)C(=O)C(=O)O. The van der Waals surface area contributed by atoms with Crippen LogP contribution in [-0.4, -0.2) is 39.6 Å². The minimum Gasteiger partial charge on any atom is -0.475 e. The maximum Gasteiger partial charge on any atom is 0.376 e. The van der Waals surface area contributed by atoms with Gasteiger partial charge in [-0.15, -0.1) is 0 Å². The molecule has 0 aromatic heterocycles. The Morgan fingerprint density at radius 1 is 0.941 bits per heavy atom. The molecule has 6 nitrogen and oxygen atoms in total. The summed E-state index contributed by atoms with van der Waals surface area (Å²) in [5, 5.41) is 8.68. The van der Waals surface area contributed by atoms with E-state index in [9.17, 15) is 19.2 Å². The van der Waals surface area contributed by atoms with Gasteiger partial charge in [0.2, 0.25) is 0 Å². The molecule has 0 aliphatic carbocycles. The lowest BCUT2D eigenvalue weighted by Crippen LogP contribution is -2.59. The van der Waals surface area contributed by atoms with E-state index in [4.69, 9.17) is 9.84 Å². The zero-order valence-corrected chi connectivity index (χ0v) is 10.5. The highest BCUT2D eigenvalue weighted by Crippen LogP contribution is 2.24. The van der Waals surface area contributed by atoms with Crippen LogP contribution >= 0.6 is 0 Å². The number of carboxylic acids is 1. The highest BCUT2D eigenvalue weighted by Gasteiger charge is 2.54. The van der Waals surface area contributed by atoms with Crippen molar-refractivity contribution in [2.24, 2.45) is 0 Å². The highest BCUT2D eigenvalue weighted by molar-refractivity contribution is 6.48. The van der Waals surface area contributed by atoms with Crippen LogP contribution in [0.15, 0.2) is 0 Å². The molecule has 6 heteroatoms. The fourth-order valence-corrected chi connectivity index (χ4v) is 1.37. The molecule has 0 heterocycles. The number of ether oxygens (including phenoxy) is 1. The number of Topliss-reactive ketones (excluding diaryl/α,β-unsaturated/α-hetero) is 3. The third-order valence-electron chi connectivity index (χ3n) is 1.96. The minimum atomic E-state index is -2.55. The molecular weight excluding hydrogens is 228 g/mol. The van der Waals surface area contributed by atoms with Gasteiger partial charge in [-0.05, 0) is 34.6 Å². The van der Waals surface area contributed by atoms with Gasteiger partial charge in [-0.1, -0.05) is 0 Å². The zero-order chi connectivity index (χ0) is 14.0. The van der Waals surface area contributed by atoms with Crippen LogP contribution in [0.3, 0.4) is 0 Å². The average molecular weight is 244 g/mol. The molecule has 0 saturated heterocycles. The Labute approximate surface area is 98.9 Å². The molecule has 96 valence electrons. The molecule has 0 bridgehead atoms. The van der Waals surface area contributed by atoms with E-state index in [2.05, 4.69) is 0 Å². The van der Waals surface area contributed by atoms with Crippen LogP contribution in [0.5, 0.6) is 0 Å². The van der Waals surface area contributed by atoms with Gasteiger partial charge in [0.25, 0.3) is 11.4 Å². The van der Waals surface area contributed by atoms with Gasteiger partial charge >= 0.3 is 5.97 Å². The van der Waals surface area contributed by atoms with E-state index < -0.39 is 34.5 Å². The van der Waals surface area contributed by atoms with Crippen molar-refractivity contribution in [3.05, 3.63) is 0 Å². The Hall–Kier alpha value is -1.56. The summed E-state index contributed by atoms with van der Waals surface area (Å²) < 4.78 is 5.14. The fourth-order valence-electron chi connectivity index (χ4n) is 1.37. The van der Waals surface area contributed by atoms with Gasteiger partial charge in [0.15, 0.2) is 11.6 Å². The maximum absolute atomic E-state index is 11.6. The van der Waals surface area contributed by atoms with E-state index in [1.165, 1.54) is 20.8 Å². The molecule has 0 aromatic carbocycles. The summed E-state index contributed by atoms with van der Waals surface area (Å²) in [5.41, 5.74) is -3.56. The summed E-state index contributed by atoms with van der Waals surface area (Å²) in [6.45, 7) is 6.45. The van der Waals surface area contributed by atoms with Crippen LogP contribution in [0.1, 0.15) is 34.6 Å². The second kappa shape index (κ2) is 4.75. The lowest BCUT2D eigenvalue weighted by Gasteiger charge is -2.33. The molecule has 0 saturated carbocycles. The first-order valence-electron chi connectivity index (χ1n) is 4.95. The first-order chi connectivity index (χ1) is 7.45. The van der Waals surface area contributed by atoms with Gasteiger partial charge in [-0.2, -0.15) is 0 Å². The standard InChI is InChI=1S/C11H16O6/c1-6(12)11(7(2)13,8(14)9(15)16)17-10(3,4)5/h1-5H3,(H,15,16). The number of rotatable bonds is 5. The largest absolute Gasteiger partial charge is 0.475 e. The maximum atomic E-state index is 11.6. The molecule has 0 aromatic rings. The lowest BCUT2D eigenvalue weighted by atomic mass is 9.88. The van der Waals surface area contributed by atoms with Crippen LogP contribution in [0, 0.1) is 0 Å². The van der Waals surface area contributed by atoms with E-state index in [-0.39, 0.29) is 0 Å². The molecule has 0 fully saturated rings. The lowest BCUT2D eigenvalue weighted by molar-refractivity contribution is -0.183. The van der Waals surface area contributed by atoms with E-state index in [1.54, 1.807) is 0 Å². The molecule has 0 atom stereocenters. The second-order valence-electron chi connectivity index (χ2n) is 4.64. The first-order valence-corrected chi connectivity index (χ1v) is 4.95. The average Bonchev–Trinajstić information content (AvgIpc) is 2.10. The van der Waals surface area contributed by atoms with Crippen molar-refractivity contribution in [3.8, 4) is 0 Å². The van der Waals surface area contributed by atoms with Crippen LogP contribution in [0.2, 0.25) is 0 Å². The summed E-state index contributed by atoms with van der Waals surface area (Å²) in [6, 6.07) is 0. The van der Waals surface area contributed by atoms with E-state index in [1.807, 2.05) is 0 Å². The van der Waals surface area contributed by atoms with Crippen molar-refractivity contribution in [2.75, 3.05) is 0 Å². The molecule has 0 aliphatic rings. The normalized spacial score (nSPS) is 12.1. The minimum absolute atomic E-state index is 0.938. The van der Waals surface area contributed by atoms with Crippen molar-refractivity contribution in [3.63, 3.8) is 0 Å². The second-order valence-corrected chi connectivity index (χ2v) is 4.64. The monoisotopic (exact) mass is 244 g/mol. The third-order valence-corrected chi connectivity index (χ3v) is 1.96. The summed E-state index contributed by atoms with van der Waals surface area (Å²) >= 11 is 0. The number of hydrogen-bond acceptors (Lipinski definition) is 5. The van der Waals surface area contributed by atoms with Crippen molar-refractivity contribution in [1.29, 1.82) is 0 Å². The van der Waals surface area contributed by atoms with Gasteiger partial charge in [-0.25, -0.2) is 4.79 Å². The van der Waals surface area contributed by atoms with Crippen LogP contribution < -0.4 is 0 Å². The van der Waals surface area contributed by atoms with Gasteiger partial charge in [0.05, 0.1) is 5.60 Å². The molecule has 0 amide bonds. The molecule has 1 N–H and O–H groups in total.